The molecule has 0 atom stereocenters. The molecule has 1 rings (SSSR count). The number of ether oxygens (including phenoxy) is 1. The third-order valence-corrected chi connectivity index (χ3v) is 1.30. The first-order chi connectivity index (χ1) is 6.22. The Hall–Kier alpha value is -1.78. The summed E-state index contributed by atoms with van der Waals surface area (Å²) in [5.74, 6) is 0.0131. The Balaban J connectivity index is 2.53. The van der Waals surface area contributed by atoms with Gasteiger partial charge in [-0.1, -0.05) is 0 Å². The number of aromatic nitrogens is 2. The zero-order chi connectivity index (χ0) is 9.68. The molecule has 0 radical (unpaired) electrons. The molecule has 3 N–H and O–H groups in total. The summed E-state index contributed by atoms with van der Waals surface area (Å²) in [5, 5.41) is 6.32. The second kappa shape index (κ2) is 4.30. The van der Waals surface area contributed by atoms with Gasteiger partial charge in [-0.25, -0.2) is 4.79 Å². The van der Waals surface area contributed by atoms with Crippen LogP contribution in [0.25, 0.3) is 6.08 Å². The molecule has 0 spiro atoms. The number of carbonyl (C=O) groups is 1. The molecular weight excluding hydrogens is 170 g/mol. The van der Waals surface area contributed by atoms with Crippen LogP contribution in [0.2, 0.25) is 0 Å². The lowest BCUT2D eigenvalue weighted by Gasteiger charge is -1.92. The van der Waals surface area contributed by atoms with E-state index < -0.39 is 0 Å². The lowest BCUT2D eigenvalue weighted by molar-refractivity contribution is -0.137. The average molecular weight is 181 g/mol. The molecule has 1 aromatic heterocycles. The highest BCUT2D eigenvalue weighted by Gasteiger charge is 1.95. The van der Waals surface area contributed by atoms with Gasteiger partial charge in [-0.05, 0) is 13.0 Å². The monoisotopic (exact) mass is 181 g/mol. The van der Waals surface area contributed by atoms with E-state index in [4.69, 9.17) is 5.73 Å². The van der Waals surface area contributed by atoms with E-state index in [2.05, 4.69) is 14.9 Å². The molecule has 0 aliphatic rings. The van der Waals surface area contributed by atoms with Crippen molar-refractivity contribution in [1.82, 2.24) is 10.2 Å². The van der Waals surface area contributed by atoms with Crippen LogP contribution in [0, 0.1) is 0 Å². The maximum absolute atomic E-state index is 10.8. The van der Waals surface area contributed by atoms with E-state index in [-0.39, 0.29) is 5.97 Å². The van der Waals surface area contributed by atoms with Gasteiger partial charge in [-0.3, -0.25) is 5.10 Å². The molecule has 0 aliphatic carbocycles. The SMILES string of the molecule is CCOC(=O)C=Cc1cc(N)n[nH]1. The van der Waals surface area contributed by atoms with Crippen molar-refractivity contribution in [2.45, 2.75) is 6.92 Å². The molecule has 0 amide bonds. The largest absolute Gasteiger partial charge is 0.463 e. The number of anilines is 1. The van der Waals surface area contributed by atoms with Crippen molar-refractivity contribution in [2.24, 2.45) is 0 Å². The topological polar surface area (TPSA) is 81.0 Å². The fourth-order valence-electron chi connectivity index (χ4n) is 0.787. The van der Waals surface area contributed by atoms with Crippen molar-refractivity contribution in [3.05, 3.63) is 17.8 Å². The number of nitrogens with two attached hydrogens (primary N) is 1. The van der Waals surface area contributed by atoms with Crippen molar-refractivity contribution >= 4 is 17.9 Å². The van der Waals surface area contributed by atoms with Crippen LogP contribution in [0.4, 0.5) is 5.82 Å². The van der Waals surface area contributed by atoms with Crippen molar-refractivity contribution in [1.29, 1.82) is 0 Å². The summed E-state index contributed by atoms with van der Waals surface area (Å²) in [6, 6.07) is 1.62. The third kappa shape index (κ3) is 2.98. The molecule has 0 fully saturated rings. The summed E-state index contributed by atoms with van der Waals surface area (Å²) < 4.78 is 4.68. The summed E-state index contributed by atoms with van der Waals surface area (Å²) in [4.78, 5) is 10.8. The lowest BCUT2D eigenvalue weighted by atomic mass is 10.4. The van der Waals surface area contributed by atoms with Crippen LogP contribution in [-0.2, 0) is 9.53 Å². The molecule has 1 aromatic rings. The highest BCUT2D eigenvalue weighted by Crippen LogP contribution is 2.02. The van der Waals surface area contributed by atoms with Gasteiger partial charge < -0.3 is 10.5 Å². The number of esters is 1. The third-order valence-electron chi connectivity index (χ3n) is 1.30. The lowest BCUT2D eigenvalue weighted by Crippen LogP contribution is -1.98. The van der Waals surface area contributed by atoms with Crippen molar-refractivity contribution in [2.75, 3.05) is 12.3 Å². The van der Waals surface area contributed by atoms with E-state index in [9.17, 15) is 4.79 Å². The van der Waals surface area contributed by atoms with Crippen LogP contribution < -0.4 is 5.73 Å². The smallest absolute Gasteiger partial charge is 0.330 e. The molecule has 70 valence electrons. The Morgan fingerprint density at radius 2 is 2.62 bits per heavy atom. The van der Waals surface area contributed by atoms with Gasteiger partial charge in [0.15, 0.2) is 0 Å². The maximum Gasteiger partial charge on any atom is 0.330 e. The summed E-state index contributed by atoms with van der Waals surface area (Å²) in [5.41, 5.74) is 6.02. The predicted octanol–water partition coefficient (Wildman–Crippen LogP) is 0.568. The molecule has 0 saturated carbocycles. The Labute approximate surface area is 75.6 Å². The Morgan fingerprint density at radius 3 is 3.15 bits per heavy atom. The number of nitrogens with zero attached hydrogens (tertiary/aromatic N) is 1. The van der Waals surface area contributed by atoms with Gasteiger partial charge in [-0.2, -0.15) is 5.10 Å². The van der Waals surface area contributed by atoms with Crippen LogP contribution in [0.3, 0.4) is 0 Å². The van der Waals surface area contributed by atoms with Crippen LogP contribution >= 0.6 is 0 Å². The zero-order valence-corrected chi connectivity index (χ0v) is 7.28. The minimum atomic E-state index is -0.379. The van der Waals surface area contributed by atoms with Gasteiger partial charge >= 0.3 is 5.97 Å². The summed E-state index contributed by atoms with van der Waals surface area (Å²) in [6.45, 7) is 2.12. The number of nitrogen functional groups attached to an aromatic ring is 1. The van der Waals surface area contributed by atoms with E-state index in [1.165, 1.54) is 6.08 Å². The molecule has 0 saturated heterocycles. The standard InChI is InChI=1S/C8H11N3O2/c1-2-13-8(12)4-3-6-5-7(9)11-10-6/h3-5H,2H2,1H3,(H3,9,10,11). The molecule has 1 heterocycles. The van der Waals surface area contributed by atoms with Gasteiger partial charge in [-0.15, -0.1) is 0 Å². The molecular formula is C8H11N3O2. The molecule has 0 aliphatic heterocycles. The Kier molecular flexibility index (Phi) is 3.08. The maximum atomic E-state index is 10.8. The van der Waals surface area contributed by atoms with Crippen LogP contribution in [0.1, 0.15) is 12.6 Å². The fraction of sp³-hybridized carbons (Fsp3) is 0.250. The zero-order valence-electron chi connectivity index (χ0n) is 7.28. The average Bonchev–Trinajstić information content (AvgIpc) is 2.49. The molecule has 5 nitrogen and oxygen atoms in total. The van der Waals surface area contributed by atoms with E-state index >= 15 is 0 Å². The molecule has 0 bridgehead atoms. The van der Waals surface area contributed by atoms with Crippen LogP contribution in [0.15, 0.2) is 12.1 Å². The minimum Gasteiger partial charge on any atom is -0.463 e. The van der Waals surface area contributed by atoms with E-state index in [1.54, 1.807) is 19.1 Å². The van der Waals surface area contributed by atoms with Crippen molar-refractivity contribution in [3.8, 4) is 0 Å². The van der Waals surface area contributed by atoms with Gasteiger partial charge in [0.1, 0.15) is 5.82 Å². The number of nitrogens with one attached hydrogen (secondary N) is 1. The molecule has 0 aromatic carbocycles. The first-order valence-electron chi connectivity index (χ1n) is 3.88. The Bertz CT molecular complexity index is 317. The first-order valence-corrected chi connectivity index (χ1v) is 3.88. The fourth-order valence-corrected chi connectivity index (χ4v) is 0.787. The number of rotatable bonds is 3. The summed E-state index contributed by atoms with van der Waals surface area (Å²) >= 11 is 0. The molecule has 5 heteroatoms. The van der Waals surface area contributed by atoms with Gasteiger partial charge in [0.25, 0.3) is 0 Å². The highest BCUT2D eigenvalue weighted by molar-refractivity contribution is 5.86. The summed E-state index contributed by atoms with van der Waals surface area (Å²) in [7, 11) is 0. The number of H-pyrrole nitrogens is 1. The van der Waals surface area contributed by atoms with Crippen LogP contribution in [-0.4, -0.2) is 22.8 Å². The van der Waals surface area contributed by atoms with E-state index in [0.717, 1.165) is 0 Å². The van der Waals surface area contributed by atoms with E-state index in [0.29, 0.717) is 18.1 Å². The first kappa shape index (κ1) is 9.31. The highest BCUT2D eigenvalue weighted by atomic mass is 16.5. The number of carbonyl (C=O) groups excluding carboxylic acids is 1. The number of hydrogen-bond donors (Lipinski definition) is 2. The minimum absolute atomic E-state index is 0.369. The Morgan fingerprint density at radius 1 is 1.85 bits per heavy atom. The second-order valence-corrected chi connectivity index (χ2v) is 2.33. The quantitative estimate of drug-likeness (QED) is 0.527. The predicted molar refractivity (Wildman–Crippen MR) is 48.7 cm³/mol. The van der Waals surface area contributed by atoms with Gasteiger partial charge in [0, 0.05) is 12.1 Å². The van der Waals surface area contributed by atoms with Gasteiger partial charge in [0.2, 0.25) is 0 Å². The molecule has 0 unspecified atom stereocenters. The van der Waals surface area contributed by atoms with Crippen molar-refractivity contribution < 1.29 is 9.53 Å². The van der Waals surface area contributed by atoms with Crippen molar-refractivity contribution in [3.63, 3.8) is 0 Å². The number of aromatic amines is 1. The second-order valence-electron chi connectivity index (χ2n) is 2.33. The summed E-state index contributed by atoms with van der Waals surface area (Å²) in [6.07, 6.45) is 2.87. The van der Waals surface area contributed by atoms with Gasteiger partial charge in [0.05, 0.1) is 12.3 Å². The van der Waals surface area contributed by atoms with Crippen LogP contribution in [0.5, 0.6) is 0 Å². The van der Waals surface area contributed by atoms with E-state index in [1.807, 2.05) is 0 Å². The molecule has 13 heavy (non-hydrogen) atoms. The number of hydrogen-bond acceptors (Lipinski definition) is 4. The normalized spacial score (nSPS) is 10.5.